The predicted molar refractivity (Wildman–Crippen MR) is 86.1 cm³/mol. The van der Waals surface area contributed by atoms with E-state index in [-0.39, 0.29) is 5.56 Å². The summed E-state index contributed by atoms with van der Waals surface area (Å²) >= 11 is 2.07. The molecule has 0 aliphatic rings. The molecule has 0 aliphatic heterocycles. The van der Waals surface area contributed by atoms with Crippen LogP contribution in [-0.4, -0.2) is 11.1 Å². The second-order valence-corrected chi connectivity index (χ2v) is 6.10. The number of halogens is 4. The van der Waals surface area contributed by atoms with Crippen molar-refractivity contribution >= 4 is 50.1 Å². The van der Waals surface area contributed by atoms with Crippen LogP contribution in [-0.2, 0) is 6.18 Å². The number of hydrogen-bond acceptors (Lipinski definition) is 1. The molecular weight excluding hydrogens is 408 g/mol. The summed E-state index contributed by atoms with van der Waals surface area (Å²) in [4.78, 5) is 11.4. The van der Waals surface area contributed by atoms with Gasteiger partial charge in [0.2, 0.25) is 0 Å². The SMILES string of the molecule is O=C(O)c1cc2ccc(I)cc2c2cc(C(F)(F)F)ccc12. The van der Waals surface area contributed by atoms with Crippen LogP contribution in [0.3, 0.4) is 0 Å². The van der Waals surface area contributed by atoms with Crippen LogP contribution in [0.15, 0.2) is 42.5 Å². The lowest BCUT2D eigenvalue weighted by molar-refractivity contribution is -0.137. The minimum Gasteiger partial charge on any atom is -0.478 e. The molecule has 6 heteroatoms. The molecule has 22 heavy (non-hydrogen) atoms. The number of carbonyl (C=O) groups is 1. The van der Waals surface area contributed by atoms with Crippen molar-refractivity contribution in [1.82, 2.24) is 0 Å². The second-order valence-electron chi connectivity index (χ2n) is 4.85. The molecule has 0 amide bonds. The average molecular weight is 416 g/mol. The van der Waals surface area contributed by atoms with Crippen LogP contribution < -0.4 is 0 Å². The number of carboxylic acid groups (broad SMARTS) is 1. The van der Waals surface area contributed by atoms with Crippen molar-refractivity contribution in [2.24, 2.45) is 0 Å². The van der Waals surface area contributed by atoms with Crippen LogP contribution in [0.25, 0.3) is 21.5 Å². The monoisotopic (exact) mass is 416 g/mol. The molecule has 0 radical (unpaired) electrons. The van der Waals surface area contributed by atoms with E-state index >= 15 is 0 Å². The molecule has 0 saturated carbocycles. The van der Waals surface area contributed by atoms with Gasteiger partial charge in [0, 0.05) is 3.57 Å². The normalized spacial score (nSPS) is 12.0. The lowest BCUT2D eigenvalue weighted by Crippen LogP contribution is -2.05. The Kier molecular flexibility index (Phi) is 3.51. The summed E-state index contributed by atoms with van der Waals surface area (Å²) < 4.78 is 39.7. The number of aromatic carboxylic acids is 1. The molecule has 0 unspecified atom stereocenters. The third-order valence-electron chi connectivity index (χ3n) is 3.47. The van der Waals surface area contributed by atoms with Gasteiger partial charge in [0.25, 0.3) is 0 Å². The highest BCUT2D eigenvalue weighted by Crippen LogP contribution is 2.36. The van der Waals surface area contributed by atoms with E-state index < -0.39 is 17.7 Å². The largest absolute Gasteiger partial charge is 0.478 e. The van der Waals surface area contributed by atoms with Crippen LogP contribution in [0.1, 0.15) is 15.9 Å². The lowest BCUT2D eigenvalue weighted by Gasteiger charge is -2.12. The standard InChI is InChI=1S/C16H8F3IO2/c17-16(18,19)9-2-4-11-13(6-9)12-7-10(20)3-1-8(12)5-14(11)15(21)22/h1-7H,(H,21,22). The Bertz CT molecular complexity index is 917. The highest BCUT2D eigenvalue weighted by Gasteiger charge is 2.31. The van der Waals surface area contributed by atoms with E-state index in [1.807, 2.05) is 0 Å². The lowest BCUT2D eigenvalue weighted by atomic mass is 9.95. The first-order chi connectivity index (χ1) is 10.3. The first-order valence-corrected chi connectivity index (χ1v) is 7.32. The van der Waals surface area contributed by atoms with Crippen LogP contribution in [0.4, 0.5) is 13.2 Å². The summed E-state index contributed by atoms with van der Waals surface area (Å²) in [5.74, 6) is -1.16. The predicted octanol–water partition coefficient (Wildman–Crippen LogP) is 5.31. The molecule has 3 aromatic carbocycles. The minimum atomic E-state index is -4.47. The van der Waals surface area contributed by atoms with Crippen LogP contribution >= 0.6 is 22.6 Å². The van der Waals surface area contributed by atoms with Crippen LogP contribution in [0.2, 0.25) is 0 Å². The zero-order chi connectivity index (χ0) is 16.1. The molecule has 0 fully saturated rings. The second kappa shape index (κ2) is 5.12. The van der Waals surface area contributed by atoms with Crippen molar-refractivity contribution in [2.45, 2.75) is 6.18 Å². The summed E-state index contributed by atoms with van der Waals surface area (Å²) in [6.45, 7) is 0. The van der Waals surface area contributed by atoms with Gasteiger partial charge in [0.15, 0.2) is 0 Å². The van der Waals surface area contributed by atoms with Gasteiger partial charge in [0.05, 0.1) is 11.1 Å². The molecule has 0 bridgehead atoms. The zero-order valence-corrected chi connectivity index (χ0v) is 13.1. The Morgan fingerprint density at radius 2 is 1.68 bits per heavy atom. The third-order valence-corrected chi connectivity index (χ3v) is 4.14. The first-order valence-electron chi connectivity index (χ1n) is 6.24. The topological polar surface area (TPSA) is 37.3 Å². The summed E-state index contributed by atoms with van der Waals surface area (Å²) in [5.41, 5.74) is -0.792. The van der Waals surface area contributed by atoms with E-state index in [9.17, 15) is 23.1 Å². The van der Waals surface area contributed by atoms with E-state index in [4.69, 9.17) is 0 Å². The Balaban J connectivity index is 2.50. The van der Waals surface area contributed by atoms with Crippen molar-refractivity contribution in [3.8, 4) is 0 Å². The fourth-order valence-electron chi connectivity index (χ4n) is 2.48. The van der Waals surface area contributed by atoms with E-state index in [1.165, 1.54) is 12.1 Å². The van der Waals surface area contributed by atoms with Crippen molar-refractivity contribution in [1.29, 1.82) is 0 Å². The number of fused-ring (bicyclic) bond motifs is 3. The zero-order valence-electron chi connectivity index (χ0n) is 10.9. The molecule has 1 N–H and O–H groups in total. The molecule has 3 rings (SSSR count). The molecule has 0 saturated heterocycles. The van der Waals surface area contributed by atoms with E-state index in [1.54, 1.807) is 18.2 Å². The van der Waals surface area contributed by atoms with E-state index in [0.717, 1.165) is 15.7 Å². The van der Waals surface area contributed by atoms with Gasteiger partial charge < -0.3 is 5.11 Å². The average Bonchev–Trinajstić information content (AvgIpc) is 2.44. The highest BCUT2D eigenvalue weighted by atomic mass is 127. The van der Waals surface area contributed by atoms with Crippen molar-refractivity contribution in [3.63, 3.8) is 0 Å². The summed E-state index contributed by atoms with van der Waals surface area (Å²) in [6.07, 6.45) is -4.47. The van der Waals surface area contributed by atoms with Gasteiger partial charge in [-0.25, -0.2) is 4.79 Å². The van der Waals surface area contributed by atoms with Gasteiger partial charge in [-0.05, 0) is 74.5 Å². The maximum atomic E-state index is 12.9. The Morgan fingerprint density at radius 1 is 0.955 bits per heavy atom. The van der Waals surface area contributed by atoms with E-state index in [0.29, 0.717) is 21.5 Å². The molecule has 112 valence electrons. The van der Waals surface area contributed by atoms with Crippen molar-refractivity contribution in [2.75, 3.05) is 0 Å². The number of hydrogen-bond donors (Lipinski definition) is 1. The van der Waals surface area contributed by atoms with Gasteiger partial charge >= 0.3 is 12.1 Å². The quantitative estimate of drug-likeness (QED) is 0.431. The molecular formula is C16H8F3IO2. The molecule has 0 aliphatic carbocycles. The first kappa shape index (κ1) is 15.1. The smallest absolute Gasteiger partial charge is 0.416 e. The fourth-order valence-corrected chi connectivity index (χ4v) is 2.97. The number of alkyl halides is 3. The highest BCUT2D eigenvalue weighted by molar-refractivity contribution is 14.1. The molecule has 0 spiro atoms. The fraction of sp³-hybridized carbons (Fsp3) is 0.0625. The number of carboxylic acids is 1. The van der Waals surface area contributed by atoms with Gasteiger partial charge in [-0.1, -0.05) is 12.1 Å². The Labute approximate surface area is 136 Å². The van der Waals surface area contributed by atoms with Gasteiger partial charge in [-0.15, -0.1) is 0 Å². The van der Waals surface area contributed by atoms with Gasteiger partial charge in [-0.3, -0.25) is 0 Å². The van der Waals surface area contributed by atoms with Crippen molar-refractivity contribution in [3.05, 3.63) is 57.2 Å². The molecule has 3 aromatic rings. The molecule has 0 aromatic heterocycles. The maximum Gasteiger partial charge on any atom is 0.416 e. The number of benzene rings is 3. The van der Waals surface area contributed by atoms with Crippen molar-refractivity contribution < 1.29 is 23.1 Å². The van der Waals surface area contributed by atoms with Gasteiger partial charge in [0.1, 0.15) is 0 Å². The summed E-state index contributed by atoms with van der Waals surface area (Å²) in [7, 11) is 0. The molecule has 2 nitrogen and oxygen atoms in total. The summed E-state index contributed by atoms with van der Waals surface area (Å²) in [5, 5.41) is 11.1. The molecule has 0 atom stereocenters. The number of rotatable bonds is 1. The van der Waals surface area contributed by atoms with Gasteiger partial charge in [-0.2, -0.15) is 13.2 Å². The van der Waals surface area contributed by atoms with E-state index in [2.05, 4.69) is 22.6 Å². The maximum absolute atomic E-state index is 12.9. The minimum absolute atomic E-state index is 0.00238. The van der Waals surface area contributed by atoms with Crippen LogP contribution in [0.5, 0.6) is 0 Å². The van der Waals surface area contributed by atoms with Crippen LogP contribution in [0, 0.1) is 3.57 Å². The molecule has 0 heterocycles. The summed E-state index contributed by atoms with van der Waals surface area (Å²) in [6, 6.07) is 9.89. The Hall–Kier alpha value is -1.83. The third kappa shape index (κ3) is 2.51. The Morgan fingerprint density at radius 3 is 2.32 bits per heavy atom.